The highest BCUT2D eigenvalue weighted by molar-refractivity contribution is 5.61. The van der Waals surface area contributed by atoms with E-state index in [1.54, 1.807) is 30.3 Å². The number of nitrogens with zero attached hydrogens (tertiary/aromatic N) is 1. The second-order valence-electron chi connectivity index (χ2n) is 3.59. The van der Waals surface area contributed by atoms with Gasteiger partial charge in [-0.15, -0.1) is 0 Å². The monoisotopic (exact) mass is 232 g/mol. The molecule has 0 saturated heterocycles. The molecule has 0 amide bonds. The van der Waals surface area contributed by atoms with Gasteiger partial charge in [0.2, 0.25) is 5.88 Å². The van der Waals surface area contributed by atoms with Crippen LogP contribution in [0.5, 0.6) is 5.88 Å². The van der Waals surface area contributed by atoms with E-state index in [1.165, 1.54) is 13.2 Å². The van der Waals surface area contributed by atoms with Crippen molar-refractivity contribution in [2.75, 3.05) is 7.11 Å². The number of nitrogens with two attached hydrogens (primary N) is 1. The summed E-state index contributed by atoms with van der Waals surface area (Å²) in [6, 6.07) is 9.99. The molecule has 0 saturated carbocycles. The van der Waals surface area contributed by atoms with Crippen molar-refractivity contribution in [1.82, 2.24) is 4.98 Å². The van der Waals surface area contributed by atoms with Gasteiger partial charge in [-0.3, -0.25) is 0 Å². The molecule has 4 heteroatoms. The summed E-state index contributed by atoms with van der Waals surface area (Å²) in [4.78, 5) is 4.21. The third-order valence-corrected chi connectivity index (χ3v) is 2.46. The van der Waals surface area contributed by atoms with Gasteiger partial charge in [-0.05, 0) is 23.8 Å². The van der Waals surface area contributed by atoms with Gasteiger partial charge in [0.25, 0.3) is 0 Å². The molecule has 1 aromatic heterocycles. The van der Waals surface area contributed by atoms with Crippen molar-refractivity contribution in [3.05, 3.63) is 47.8 Å². The zero-order valence-corrected chi connectivity index (χ0v) is 9.48. The van der Waals surface area contributed by atoms with E-state index in [2.05, 4.69) is 4.98 Å². The van der Waals surface area contributed by atoms with Crippen molar-refractivity contribution in [3.8, 4) is 17.1 Å². The number of hydrogen-bond donors (Lipinski definition) is 1. The molecule has 1 aromatic carbocycles. The highest BCUT2D eigenvalue weighted by Gasteiger charge is 2.08. The normalized spacial score (nSPS) is 10.3. The minimum Gasteiger partial charge on any atom is -0.481 e. The molecule has 2 aromatic rings. The first kappa shape index (κ1) is 11.5. The van der Waals surface area contributed by atoms with Gasteiger partial charge in [-0.25, -0.2) is 9.37 Å². The van der Waals surface area contributed by atoms with Crippen molar-refractivity contribution in [3.63, 3.8) is 0 Å². The van der Waals surface area contributed by atoms with Crippen molar-refractivity contribution >= 4 is 0 Å². The smallest absolute Gasteiger partial charge is 0.213 e. The van der Waals surface area contributed by atoms with Gasteiger partial charge in [0.1, 0.15) is 5.82 Å². The molecule has 0 spiro atoms. The molecular formula is C13H13FN2O. The van der Waals surface area contributed by atoms with Crippen molar-refractivity contribution < 1.29 is 9.13 Å². The van der Waals surface area contributed by atoms with Gasteiger partial charge in [0, 0.05) is 18.2 Å². The van der Waals surface area contributed by atoms with Gasteiger partial charge >= 0.3 is 0 Å². The van der Waals surface area contributed by atoms with Gasteiger partial charge < -0.3 is 10.5 Å². The van der Waals surface area contributed by atoms with Crippen LogP contribution in [0.25, 0.3) is 11.3 Å². The molecule has 0 radical (unpaired) electrons. The molecule has 0 atom stereocenters. The number of benzene rings is 1. The molecule has 2 rings (SSSR count). The van der Waals surface area contributed by atoms with Crippen LogP contribution in [0.2, 0.25) is 0 Å². The fourth-order valence-corrected chi connectivity index (χ4v) is 1.59. The SMILES string of the molecule is COc1cc(CN)cc(-c2ccccc2F)n1. The minimum atomic E-state index is -0.309. The molecule has 2 N–H and O–H groups in total. The highest BCUT2D eigenvalue weighted by atomic mass is 19.1. The summed E-state index contributed by atoms with van der Waals surface area (Å²) in [6.07, 6.45) is 0. The van der Waals surface area contributed by atoms with E-state index in [0.29, 0.717) is 23.7 Å². The molecule has 0 aliphatic rings. The highest BCUT2D eigenvalue weighted by Crippen LogP contribution is 2.24. The quantitative estimate of drug-likeness (QED) is 0.883. The van der Waals surface area contributed by atoms with Crippen LogP contribution in [0.3, 0.4) is 0 Å². The van der Waals surface area contributed by atoms with E-state index < -0.39 is 0 Å². The third-order valence-electron chi connectivity index (χ3n) is 2.46. The average Bonchev–Trinajstić information content (AvgIpc) is 2.38. The van der Waals surface area contributed by atoms with Gasteiger partial charge in [-0.1, -0.05) is 12.1 Å². The molecule has 0 unspecified atom stereocenters. The van der Waals surface area contributed by atoms with Crippen LogP contribution in [0.15, 0.2) is 36.4 Å². The Morgan fingerprint density at radius 3 is 2.71 bits per heavy atom. The Bertz CT molecular complexity index is 506. The van der Waals surface area contributed by atoms with E-state index in [9.17, 15) is 4.39 Å². The Balaban J connectivity index is 2.55. The number of rotatable bonds is 3. The first-order chi connectivity index (χ1) is 8.24. The molecule has 0 aliphatic heterocycles. The maximum Gasteiger partial charge on any atom is 0.213 e. The maximum absolute atomic E-state index is 13.6. The summed E-state index contributed by atoms with van der Waals surface area (Å²) in [5, 5.41) is 0. The van der Waals surface area contributed by atoms with Crippen LogP contribution in [0.1, 0.15) is 5.56 Å². The van der Waals surface area contributed by atoms with E-state index in [-0.39, 0.29) is 5.82 Å². The lowest BCUT2D eigenvalue weighted by Crippen LogP contribution is -2.00. The van der Waals surface area contributed by atoms with Crippen LogP contribution in [-0.4, -0.2) is 12.1 Å². The predicted molar refractivity (Wildman–Crippen MR) is 64.1 cm³/mol. The Kier molecular flexibility index (Phi) is 3.35. The fourth-order valence-electron chi connectivity index (χ4n) is 1.59. The number of hydrogen-bond acceptors (Lipinski definition) is 3. The van der Waals surface area contributed by atoms with Gasteiger partial charge in [-0.2, -0.15) is 0 Å². The Labute approximate surface area is 99.1 Å². The predicted octanol–water partition coefficient (Wildman–Crippen LogP) is 2.36. The van der Waals surface area contributed by atoms with E-state index in [0.717, 1.165) is 5.56 Å². The summed E-state index contributed by atoms with van der Waals surface area (Å²) in [7, 11) is 1.52. The van der Waals surface area contributed by atoms with E-state index in [4.69, 9.17) is 10.5 Å². The summed E-state index contributed by atoms with van der Waals surface area (Å²) < 4.78 is 18.7. The molecular weight excluding hydrogens is 219 g/mol. The summed E-state index contributed by atoms with van der Waals surface area (Å²) in [5.41, 5.74) is 7.41. The number of ether oxygens (including phenoxy) is 1. The number of halogens is 1. The third kappa shape index (κ3) is 2.42. The van der Waals surface area contributed by atoms with Crippen molar-refractivity contribution in [2.24, 2.45) is 5.73 Å². The molecule has 88 valence electrons. The van der Waals surface area contributed by atoms with Crippen LogP contribution < -0.4 is 10.5 Å². The topological polar surface area (TPSA) is 48.1 Å². The molecule has 0 aliphatic carbocycles. The molecule has 17 heavy (non-hydrogen) atoms. The number of methoxy groups -OCH3 is 1. The van der Waals surface area contributed by atoms with Crippen LogP contribution in [0, 0.1) is 5.82 Å². The lowest BCUT2D eigenvalue weighted by molar-refractivity contribution is 0.398. The second kappa shape index (κ2) is 4.93. The molecule has 0 fully saturated rings. The number of aromatic nitrogens is 1. The molecule has 1 heterocycles. The summed E-state index contributed by atoms with van der Waals surface area (Å²) in [5.74, 6) is 0.127. The lowest BCUT2D eigenvalue weighted by atomic mass is 10.1. The van der Waals surface area contributed by atoms with Gasteiger partial charge in [0.15, 0.2) is 0 Å². The maximum atomic E-state index is 13.6. The second-order valence-corrected chi connectivity index (χ2v) is 3.59. The van der Waals surface area contributed by atoms with E-state index in [1.807, 2.05) is 0 Å². The molecule has 3 nitrogen and oxygen atoms in total. The zero-order chi connectivity index (χ0) is 12.3. The Hall–Kier alpha value is -1.94. The van der Waals surface area contributed by atoms with Crippen LogP contribution >= 0.6 is 0 Å². The molecule has 0 bridgehead atoms. The lowest BCUT2D eigenvalue weighted by Gasteiger charge is -2.07. The zero-order valence-electron chi connectivity index (χ0n) is 9.48. The van der Waals surface area contributed by atoms with Crippen LogP contribution in [-0.2, 0) is 6.54 Å². The van der Waals surface area contributed by atoms with Crippen molar-refractivity contribution in [1.29, 1.82) is 0 Å². The largest absolute Gasteiger partial charge is 0.481 e. The van der Waals surface area contributed by atoms with Gasteiger partial charge in [0.05, 0.1) is 12.8 Å². The average molecular weight is 232 g/mol. The minimum absolute atomic E-state index is 0.309. The van der Waals surface area contributed by atoms with E-state index >= 15 is 0 Å². The standard InChI is InChI=1S/C13H13FN2O/c1-17-13-7-9(8-15)6-12(16-13)10-4-2-3-5-11(10)14/h2-7H,8,15H2,1H3. The summed E-state index contributed by atoms with van der Waals surface area (Å²) >= 11 is 0. The first-order valence-corrected chi connectivity index (χ1v) is 5.24. The fraction of sp³-hybridized carbons (Fsp3) is 0.154. The Morgan fingerprint density at radius 2 is 2.06 bits per heavy atom. The number of pyridine rings is 1. The summed E-state index contributed by atoms with van der Waals surface area (Å²) in [6.45, 7) is 0.361. The first-order valence-electron chi connectivity index (χ1n) is 5.24. The van der Waals surface area contributed by atoms with Crippen LogP contribution in [0.4, 0.5) is 4.39 Å². The van der Waals surface area contributed by atoms with Crippen molar-refractivity contribution in [2.45, 2.75) is 6.54 Å². The Morgan fingerprint density at radius 1 is 1.29 bits per heavy atom.